The number of aromatic nitrogens is 2. The lowest BCUT2D eigenvalue weighted by Crippen LogP contribution is -2.44. The predicted octanol–water partition coefficient (Wildman–Crippen LogP) is 5.35. The Hall–Kier alpha value is -3.21. The molecule has 5 rings (SSSR count). The quantitative estimate of drug-likeness (QED) is 0.341. The number of anilines is 1. The van der Waals surface area contributed by atoms with Gasteiger partial charge in [-0.3, -0.25) is 4.90 Å². The van der Waals surface area contributed by atoms with E-state index in [2.05, 4.69) is 15.2 Å². The molecule has 2 fully saturated rings. The number of sulfone groups is 1. The summed E-state index contributed by atoms with van der Waals surface area (Å²) >= 11 is 0. The molecule has 1 N–H and O–H groups in total. The second-order valence-electron chi connectivity index (χ2n) is 11.6. The average molecular weight is 594 g/mol. The molecule has 0 unspecified atom stereocenters. The number of urea groups is 1. The van der Waals surface area contributed by atoms with E-state index in [9.17, 15) is 13.2 Å². The topological polar surface area (TPSA) is 96.8 Å². The summed E-state index contributed by atoms with van der Waals surface area (Å²) in [4.78, 5) is 22.3. The normalized spacial score (nSPS) is 16.8. The second-order valence-corrected chi connectivity index (χ2v) is 13.5. The summed E-state index contributed by atoms with van der Waals surface area (Å²) in [7, 11) is -3.72. The Labute approximate surface area is 249 Å². The van der Waals surface area contributed by atoms with Gasteiger partial charge in [0.1, 0.15) is 0 Å². The van der Waals surface area contributed by atoms with Crippen molar-refractivity contribution in [3.63, 3.8) is 0 Å². The van der Waals surface area contributed by atoms with E-state index in [-0.39, 0.29) is 29.5 Å². The fourth-order valence-electron chi connectivity index (χ4n) is 5.91. The van der Waals surface area contributed by atoms with Gasteiger partial charge in [0.05, 0.1) is 37.4 Å². The van der Waals surface area contributed by atoms with Crippen molar-refractivity contribution in [1.29, 1.82) is 0 Å². The predicted molar refractivity (Wildman–Crippen MR) is 164 cm³/mol. The van der Waals surface area contributed by atoms with Gasteiger partial charge in [0.15, 0.2) is 0 Å². The Morgan fingerprint density at radius 3 is 2.48 bits per heavy atom. The number of carbonyl (C=O) groups is 1. The fourth-order valence-corrected chi connectivity index (χ4v) is 7.44. The van der Waals surface area contributed by atoms with Crippen LogP contribution in [0.15, 0.2) is 59.9 Å². The highest BCUT2D eigenvalue weighted by molar-refractivity contribution is 7.90. The minimum Gasteiger partial charge on any atom is -0.379 e. The molecule has 0 radical (unpaired) electrons. The molecule has 2 heterocycles. The van der Waals surface area contributed by atoms with E-state index in [1.54, 1.807) is 11.1 Å². The first-order valence-electron chi connectivity index (χ1n) is 15.1. The van der Waals surface area contributed by atoms with E-state index in [0.29, 0.717) is 26.3 Å². The number of hydrogen-bond donors (Lipinski definition) is 1. The average Bonchev–Trinajstić information content (AvgIpc) is 3.42. The summed E-state index contributed by atoms with van der Waals surface area (Å²) in [5.41, 5.74) is 4.37. The molecule has 0 bridgehead atoms. The van der Waals surface area contributed by atoms with Crippen LogP contribution in [0.3, 0.4) is 0 Å². The van der Waals surface area contributed by atoms with Gasteiger partial charge >= 0.3 is 6.03 Å². The third-order valence-electron chi connectivity index (χ3n) is 8.23. The third-order valence-corrected chi connectivity index (χ3v) is 9.80. The zero-order valence-electron chi connectivity index (χ0n) is 24.8. The summed E-state index contributed by atoms with van der Waals surface area (Å²) in [6.45, 7) is 8.48. The molecule has 1 saturated carbocycles. The SMILES string of the molecule is Cc1ccc(NC(=O)N(CCN2CCOCC2)Cc2cnc(S(=O)(=O)Cc3cccc(C)c3)n2C2CCCCC2)cc1. The van der Waals surface area contributed by atoms with Crippen LogP contribution in [-0.2, 0) is 26.9 Å². The zero-order chi connectivity index (χ0) is 29.5. The van der Waals surface area contributed by atoms with Gasteiger partial charge in [0.2, 0.25) is 15.0 Å². The molecule has 1 aromatic heterocycles. The van der Waals surface area contributed by atoms with Crippen molar-refractivity contribution < 1.29 is 17.9 Å². The molecule has 1 saturated heterocycles. The number of morpholine rings is 1. The van der Waals surface area contributed by atoms with Gasteiger partial charge in [-0.25, -0.2) is 18.2 Å². The third kappa shape index (κ3) is 7.79. The van der Waals surface area contributed by atoms with Crippen LogP contribution in [0.4, 0.5) is 10.5 Å². The molecule has 2 aromatic carbocycles. The molecule has 9 nitrogen and oxygen atoms in total. The lowest BCUT2D eigenvalue weighted by molar-refractivity contribution is 0.0348. The largest absolute Gasteiger partial charge is 0.379 e. The number of imidazole rings is 1. The molecule has 0 spiro atoms. The summed E-state index contributed by atoms with van der Waals surface area (Å²) in [6.07, 6.45) is 6.72. The van der Waals surface area contributed by atoms with Crippen molar-refractivity contribution in [3.8, 4) is 0 Å². The van der Waals surface area contributed by atoms with Crippen molar-refractivity contribution in [3.05, 3.63) is 77.1 Å². The zero-order valence-corrected chi connectivity index (χ0v) is 25.6. The van der Waals surface area contributed by atoms with Crippen molar-refractivity contribution in [1.82, 2.24) is 19.4 Å². The first-order valence-corrected chi connectivity index (χ1v) is 16.7. The molecular formula is C32H43N5O4S. The van der Waals surface area contributed by atoms with Crippen molar-refractivity contribution in [2.75, 3.05) is 44.7 Å². The molecule has 2 aliphatic rings. The van der Waals surface area contributed by atoms with E-state index < -0.39 is 9.84 Å². The minimum absolute atomic E-state index is 0.0415. The number of rotatable bonds is 10. The van der Waals surface area contributed by atoms with Crippen molar-refractivity contribution >= 4 is 21.6 Å². The smallest absolute Gasteiger partial charge is 0.322 e. The van der Waals surface area contributed by atoms with Gasteiger partial charge < -0.3 is 19.5 Å². The van der Waals surface area contributed by atoms with Crippen molar-refractivity contribution in [2.24, 2.45) is 0 Å². The fraction of sp³-hybridized carbons (Fsp3) is 0.500. The lowest BCUT2D eigenvalue weighted by Gasteiger charge is -2.31. The first-order chi connectivity index (χ1) is 20.3. The van der Waals surface area contributed by atoms with Crippen LogP contribution < -0.4 is 5.32 Å². The second kappa shape index (κ2) is 13.8. The van der Waals surface area contributed by atoms with E-state index in [1.807, 2.05) is 66.9 Å². The number of benzene rings is 2. The number of carbonyl (C=O) groups excluding carboxylic acids is 1. The monoisotopic (exact) mass is 593 g/mol. The van der Waals surface area contributed by atoms with Crippen LogP contribution in [0.1, 0.15) is 60.5 Å². The van der Waals surface area contributed by atoms with Gasteiger partial charge in [-0.15, -0.1) is 0 Å². The molecule has 2 amide bonds. The summed E-state index contributed by atoms with van der Waals surface area (Å²) in [5, 5.41) is 3.16. The maximum absolute atomic E-state index is 13.8. The van der Waals surface area contributed by atoms with Gasteiger partial charge in [-0.05, 0) is 44.4 Å². The van der Waals surface area contributed by atoms with Gasteiger partial charge in [0.25, 0.3) is 0 Å². The molecular weight excluding hydrogens is 550 g/mol. The highest BCUT2D eigenvalue weighted by Gasteiger charge is 2.30. The van der Waals surface area contributed by atoms with Gasteiger partial charge in [-0.2, -0.15) is 0 Å². The highest BCUT2D eigenvalue weighted by Crippen LogP contribution is 2.33. The Kier molecular flexibility index (Phi) is 9.97. The Morgan fingerprint density at radius 2 is 1.76 bits per heavy atom. The molecule has 3 aromatic rings. The van der Waals surface area contributed by atoms with Crippen LogP contribution in [0.2, 0.25) is 0 Å². The maximum atomic E-state index is 13.8. The molecule has 1 aliphatic heterocycles. The molecule has 226 valence electrons. The Balaban J connectivity index is 1.43. The van der Waals surface area contributed by atoms with Gasteiger partial charge in [-0.1, -0.05) is 66.8 Å². The molecule has 0 atom stereocenters. The van der Waals surface area contributed by atoms with Crippen LogP contribution in [-0.4, -0.2) is 73.2 Å². The van der Waals surface area contributed by atoms with E-state index in [0.717, 1.165) is 73.3 Å². The molecule has 1 aliphatic carbocycles. The first kappa shape index (κ1) is 30.3. The molecule has 42 heavy (non-hydrogen) atoms. The number of nitrogens with one attached hydrogen (secondary N) is 1. The number of hydrogen-bond acceptors (Lipinski definition) is 6. The van der Waals surface area contributed by atoms with E-state index in [4.69, 9.17) is 4.74 Å². The summed E-state index contributed by atoms with van der Waals surface area (Å²) in [5.74, 6) is -0.105. The Morgan fingerprint density at radius 1 is 1.02 bits per heavy atom. The van der Waals surface area contributed by atoms with Crippen LogP contribution in [0.25, 0.3) is 0 Å². The van der Waals surface area contributed by atoms with Crippen LogP contribution in [0, 0.1) is 13.8 Å². The summed E-state index contributed by atoms with van der Waals surface area (Å²) < 4.78 is 35.1. The number of ether oxygens (including phenoxy) is 1. The van der Waals surface area contributed by atoms with E-state index in [1.165, 1.54) is 0 Å². The van der Waals surface area contributed by atoms with Crippen LogP contribution >= 0.6 is 0 Å². The van der Waals surface area contributed by atoms with Gasteiger partial charge in [0, 0.05) is 37.9 Å². The van der Waals surface area contributed by atoms with E-state index >= 15 is 0 Å². The highest BCUT2D eigenvalue weighted by atomic mass is 32.2. The van der Waals surface area contributed by atoms with Crippen LogP contribution in [0.5, 0.6) is 0 Å². The standard InChI is InChI=1S/C32H43N5O4S/c1-25-11-13-28(14-12-25)34-31(38)36(16-15-35-17-19-41-20-18-35)23-30-22-33-32(37(30)29-9-4-3-5-10-29)42(39,40)24-27-8-6-7-26(2)21-27/h6-8,11-14,21-22,29H,3-5,9-10,15-20,23-24H2,1-2H3,(H,34,38). The maximum Gasteiger partial charge on any atom is 0.322 e. The lowest BCUT2D eigenvalue weighted by atomic mass is 9.95. The number of aryl methyl sites for hydroxylation is 2. The number of nitrogens with zero attached hydrogens (tertiary/aromatic N) is 4. The summed E-state index contributed by atoms with van der Waals surface area (Å²) in [6, 6.07) is 15.2. The number of amides is 2. The minimum atomic E-state index is -3.72. The van der Waals surface area contributed by atoms with Crippen molar-refractivity contribution in [2.45, 2.75) is 69.4 Å². The Bertz CT molecular complexity index is 1440. The molecule has 10 heteroatoms.